The normalized spacial score (nSPS) is 23.3. The standard InChI is InChI=1S/C20H21NO/c1-2-18-20(19(14-22)21-18)17-12-10-16(11-13-17)9-8-15-6-4-3-5-7-15/h3-7,10-13,18-22H,2,14H2,1H3/t18-,19+,20+/m1/s1. The SMILES string of the molecule is CC[C@H]1N[C@@H](CO)[C@H]1c1ccc(C#Cc2ccccc2)cc1. The molecule has 2 aromatic carbocycles. The van der Waals surface area contributed by atoms with E-state index in [9.17, 15) is 5.11 Å². The predicted octanol–water partition coefficient (Wildman–Crippen LogP) is 2.91. The van der Waals surface area contributed by atoms with E-state index in [1.54, 1.807) is 0 Å². The Hall–Kier alpha value is -2.08. The molecule has 0 aliphatic carbocycles. The van der Waals surface area contributed by atoms with E-state index in [1.165, 1.54) is 5.56 Å². The molecular formula is C20H21NO. The largest absolute Gasteiger partial charge is 0.395 e. The third-order valence-corrected chi connectivity index (χ3v) is 4.35. The molecule has 1 heterocycles. The Labute approximate surface area is 132 Å². The Kier molecular flexibility index (Phi) is 4.58. The number of hydrogen-bond donors (Lipinski definition) is 2. The molecular weight excluding hydrogens is 270 g/mol. The van der Waals surface area contributed by atoms with Crippen molar-refractivity contribution in [2.45, 2.75) is 31.3 Å². The maximum absolute atomic E-state index is 9.41. The van der Waals surface area contributed by atoms with Crippen LogP contribution in [-0.4, -0.2) is 23.8 Å². The molecule has 0 saturated carbocycles. The van der Waals surface area contributed by atoms with Crippen molar-refractivity contribution in [3.63, 3.8) is 0 Å². The summed E-state index contributed by atoms with van der Waals surface area (Å²) in [7, 11) is 0. The van der Waals surface area contributed by atoms with E-state index < -0.39 is 0 Å². The van der Waals surface area contributed by atoms with Gasteiger partial charge in [0.2, 0.25) is 0 Å². The van der Waals surface area contributed by atoms with Gasteiger partial charge in [-0.25, -0.2) is 0 Å². The molecule has 2 N–H and O–H groups in total. The van der Waals surface area contributed by atoms with Crippen LogP contribution < -0.4 is 5.32 Å². The summed E-state index contributed by atoms with van der Waals surface area (Å²) < 4.78 is 0. The van der Waals surface area contributed by atoms with Gasteiger partial charge in [0.25, 0.3) is 0 Å². The van der Waals surface area contributed by atoms with Gasteiger partial charge in [-0.15, -0.1) is 0 Å². The van der Waals surface area contributed by atoms with E-state index in [0.29, 0.717) is 12.0 Å². The lowest BCUT2D eigenvalue weighted by atomic mass is 9.76. The van der Waals surface area contributed by atoms with Crippen molar-refractivity contribution in [2.24, 2.45) is 0 Å². The number of rotatable bonds is 3. The number of aliphatic hydroxyl groups excluding tert-OH is 1. The average molecular weight is 291 g/mol. The smallest absolute Gasteiger partial charge is 0.0591 e. The fraction of sp³-hybridized carbons (Fsp3) is 0.300. The number of nitrogens with one attached hydrogen (secondary N) is 1. The van der Waals surface area contributed by atoms with Crippen LogP contribution in [0, 0.1) is 11.8 Å². The summed E-state index contributed by atoms with van der Waals surface area (Å²) in [6.45, 7) is 2.37. The third-order valence-electron chi connectivity index (χ3n) is 4.35. The highest BCUT2D eigenvalue weighted by Crippen LogP contribution is 2.33. The van der Waals surface area contributed by atoms with E-state index in [4.69, 9.17) is 0 Å². The van der Waals surface area contributed by atoms with Crippen LogP contribution in [0.1, 0.15) is 36.0 Å². The molecule has 0 amide bonds. The van der Waals surface area contributed by atoms with Crippen LogP contribution in [-0.2, 0) is 0 Å². The fourth-order valence-corrected chi connectivity index (χ4v) is 3.10. The van der Waals surface area contributed by atoms with Crippen molar-refractivity contribution in [1.82, 2.24) is 5.32 Å². The van der Waals surface area contributed by atoms with E-state index in [2.05, 4.69) is 48.3 Å². The Bertz CT molecular complexity index is 656. The van der Waals surface area contributed by atoms with Gasteiger partial charge in [-0.1, -0.05) is 49.1 Å². The minimum Gasteiger partial charge on any atom is -0.395 e. The average Bonchev–Trinajstić information content (AvgIpc) is 2.55. The molecule has 3 rings (SSSR count). The summed E-state index contributed by atoms with van der Waals surface area (Å²) in [5, 5.41) is 12.8. The number of hydrogen-bond acceptors (Lipinski definition) is 2. The van der Waals surface area contributed by atoms with E-state index in [-0.39, 0.29) is 12.6 Å². The van der Waals surface area contributed by atoms with Gasteiger partial charge in [0.15, 0.2) is 0 Å². The molecule has 1 saturated heterocycles. The van der Waals surface area contributed by atoms with Crippen molar-refractivity contribution in [2.75, 3.05) is 6.61 Å². The van der Waals surface area contributed by atoms with Crippen molar-refractivity contribution >= 4 is 0 Å². The zero-order valence-corrected chi connectivity index (χ0v) is 12.8. The van der Waals surface area contributed by atoms with Gasteiger partial charge in [-0.3, -0.25) is 0 Å². The lowest BCUT2D eigenvalue weighted by Crippen LogP contribution is -2.60. The van der Waals surface area contributed by atoms with Crippen molar-refractivity contribution in [3.8, 4) is 11.8 Å². The van der Waals surface area contributed by atoms with Gasteiger partial charge in [0, 0.05) is 29.1 Å². The first-order valence-electron chi connectivity index (χ1n) is 7.85. The fourth-order valence-electron chi connectivity index (χ4n) is 3.10. The lowest BCUT2D eigenvalue weighted by Gasteiger charge is -2.45. The molecule has 2 nitrogen and oxygen atoms in total. The highest BCUT2D eigenvalue weighted by Gasteiger charge is 2.39. The Morgan fingerprint density at radius 2 is 1.55 bits per heavy atom. The highest BCUT2D eigenvalue weighted by molar-refractivity contribution is 5.44. The minimum atomic E-state index is 0.186. The molecule has 0 unspecified atom stereocenters. The Morgan fingerprint density at radius 1 is 0.909 bits per heavy atom. The van der Waals surface area contributed by atoms with Crippen molar-refractivity contribution in [1.29, 1.82) is 0 Å². The van der Waals surface area contributed by atoms with Gasteiger partial charge in [-0.05, 0) is 36.2 Å². The first kappa shape index (κ1) is 14.8. The molecule has 0 aromatic heterocycles. The van der Waals surface area contributed by atoms with Gasteiger partial charge in [-0.2, -0.15) is 0 Å². The van der Waals surface area contributed by atoms with Crippen LogP contribution in [0.4, 0.5) is 0 Å². The van der Waals surface area contributed by atoms with E-state index in [0.717, 1.165) is 17.5 Å². The first-order chi connectivity index (χ1) is 10.8. The topological polar surface area (TPSA) is 32.3 Å². The first-order valence-corrected chi connectivity index (χ1v) is 7.85. The Morgan fingerprint density at radius 3 is 2.14 bits per heavy atom. The maximum atomic E-state index is 9.41. The molecule has 0 spiro atoms. The summed E-state index contributed by atoms with van der Waals surface area (Å²) in [6, 6.07) is 19.1. The van der Waals surface area contributed by atoms with Crippen LogP contribution in [0.2, 0.25) is 0 Å². The van der Waals surface area contributed by atoms with Gasteiger partial charge >= 0.3 is 0 Å². The van der Waals surface area contributed by atoms with Gasteiger partial charge in [0.1, 0.15) is 0 Å². The number of benzene rings is 2. The molecule has 1 fully saturated rings. The van der Waals surface area contributed by atoms with Crippen LogP contribution in [0.5, 0.6) is 0 Å². The van der Waals surface area contributed by atoms with Gasteiger partial charge < -0.3 is 10.4 Å². The minimum absolute atomic E-state index is 0.186. The lowest BCUT2D eigenvalue weighted by molar-refractivity contribution is 0.125. The maximum Gasteiger partial charge on any atom is 0.0591 e. The third kappa shape index (κ3) is 3.06. The molecule has 0 bridgehead atoms. The molecule has 22 heavy (non-hydrogen) atoms. The summed E-state index contributed by atoms with van der Waals surface area (Å²) >= 11 is 0. The van der Waals surface area contributed by atoms with E-state index in [1.807, 2.05) is 30.3 Å². The predicted molar refractivity (Wildman–Crippen MR) is 89.7 cm³/mol. The van der Waals surface area contributed by atoms with Crippen LogP contribution >= 0.6 is 0 Å². The monoisotopic (exact) mass is 291 g/mol. The zero-order valence-electron chi connectivity index (χ0n) is 12.8. The molecule has 3 atom stereocenters. The zero-order chi connectivity index (χ0) is 15.4. The van der Waals surface area contributed by atoms with Gasteiger partial charge in [0.05, 0.1) is 6.61 Å². The highest BCUT2D eigenvalue weighted by atomic mass is 16.3. The summed E-state index contributed by atoms with van der Waals surface area (Å²) in [5.41, 5.74) is 3.34. The van der Waals surface area contributed by atoms with E-state index >= 15 is 0 Å². The van der Waals surface area contributed by atoms with Crippen LogP contribution in [0.3, 0.4) is 0 Å². The van der Waals surface area contributed by atoms with Crippen molar-refractivity contribution < 1.29 is 5.11 Å². The second-order valence-corrected chi connectivity index (χ2v) is 5.73. The van der Waals surface area contributed by atoms with Crippen LogP contribution in [0.25, 0.3) is 0 Å². The molecule has 0 radical (unpaired) electrons. The summed E-state index contributed by atoms with van der Waals surface area (Å²) in [6.07, 6.45) is 1.08. The molecule has 1 aliphatic heterocycles. The summed E-state index contributed by atoms with van der Waals surface area (Å²) in [5.74, 6) is 6.78. The second kappa shape index (κ2) is 6.79. The molecule has 112 valence electrons. The summed E-state index contributed by atoms with van der Waals surface area (Å²) in [4.78, 5) is 0. The van der Waals surface area contributed by atoms with Crippen molar-refractivity contribution in [3.05, 3.63) is 71.3 Å². The van der Waals surface area contributed by atoms with Crippen LogP contribution in [0.15, 0.2) is 54.6 Å². The molecule has 2 heteroatoms. The number of aliphatic hydroxyl groups is 1. The molecule has 2 aromatic rings. The molecule has 1 aliphatic rings. The quantitative estimate of drug-likeness (QED) is 0.852. The Balaban J connectivity index is 1.74. The second-order valence-electron chi connectivity index (χ2n) is 5.73.